The van der Waals surface area contributed by atoms with E-state index in [2.05, 4.69) is 22.4 Å². The molecule has 0 fully saturated rings. The van der Waals surface area contributed by atoms with Gasteiger partial charge in [0, 0.05) is 37.5 Å². The zero-order valence-corrected chi connectivity index (χ0v) is 13.8. The molecule has 0 unspecified atom stereocenters. The highest BCUT2D eigenvalue weighted by Gasteiger charge is 2.19. The van der Waals surface area contributed by atoms with Crippen LogP contribution >= 0.6 is 0 Å². The summed E-state index contributed by atoms with van der Waals surface area (Å²) in [6.07, 6.45) is 4.55. The predicted octanol–water partition coefficient (Wildman–Crippen LogP) is 2.37. The van der Waals surface area contributed by atoms with E-state index in [9.17, 15) is 0 Å². The van der Waals surface area contributed by atoms with Crippen LogP contribution in [0.5, 0.6) is 0 Å². The van der Waals surface area contributed by atoms with Gasteiger partial charge in [0.15, 0.2) is 0 Å². The van der Waals surface area contributed by atoms with E-state index in [1.54, 1.807) is 0 Å². The van der Waals surface area contributed by atoms with Crippen molar-refractivity contribution < 1.29 is 0 Å². The molecule has 0 amide bonds. The number of aryl methyl sites for hydroxylation is 3. The minimum absolute atomic E-state index is 0.741. The molecule has 0 aliphatic heterocycles. The third kappa shape index (κ3) is 2.77. The van der Waals surface area contributed by atoms with Crippen molar-refractivity contribution in [3.8, 4) is 0 Å². The molecule has 6 nitrogen and oxygen atoms in total. The molecule has 6 heteroatoms. The van der Waals surface area contributed by atoms with Gasteiger partial charge in [-0.15, -0.1) is 0 Å². The van der Waals surface area contributed by atoms with Crippen LogP contribution in [0, 0.1) is 13.8 Å². The number of aromatic amines is 1. The van der Waals surface area contributed by atoms with Crippen molar-refractivity contribution in [3.05, 3.63) is 28.2 Å². The van der Waals surface area contributed by atoms with Gasteiger partial charge >= 0.3 is 0 Å². The van der Waals surface area contributed by atoms with Crippen molar-refractivity contribution in [1.82, 2.24) is 20.2 Å². The highest BCUT2D eigenvalue weighted by Crippen LogP contribution is 2.27. The molecular weight excluding hydrogens is 276 g/mol. The van der Waals surface area contributed by atoms with Crippen molar-refractivity contribution in [3.63, 3.8) is 0 Å². The summed E-state index contributed by atoms with van der Waals surface area (Å²) in [5.41, 5.74) is 5.86. The van der Waals surface area contributed by atoms with Crippen LogP contribution < -0.4 is 10.2 Å². The number of rotatable bonds is 4. The fourth-order valence-electron chi connectivity index (χ4n) is 2.93. The minimum Gasteiger partial charge on any atom is -0.365 e. The number of anilines is 2. The smallest absolute Gasteiger partial charge is 0.227 e. The maximum atomic E-state index is 4.72. The summed E-state index contributed by atoms with van der Waals surface area (Å²) in [5, 5.41) is 10.8. The van der Waals surface area contributed by atoms with E-state index < -0.39 is 0 Å². The van der Waals surface area contributed by atoms with E-state index in [1.165, 1.54) is 29.7 Å². The maximum Gasteiger partial charge on any atom is 0.227 e. The monoisotopic (exact) mass is 300 g/mol. The molecule has 22 heavy (non-hydrogen) atoms. The third-order valence-corrected chi connectivity index (χ3v) is 4.28. The molecule has 1 aliphatic carbocycles. The molecule has 2 aromatic rings. The Kier molecular flexibility index (Phi) is 4.00. The lowest BCUT2D eigenvalue weighted by Gasteiger charge is -2.21. The van der Waals surface area contributed by atoms with Gasteiger partial charge in [-0.3, -0.25) is 5.10 Å². The van der Waals surface area contributed by atoms with Crippen LogP contribution in [0.15, 0.2) is 0 Å². The van der Waals surface area contributed by atoms with Crippen LogP contribution in [0.4, 0.5) is 11.8 Å². The number of aromatic nitrogens is 4. The minimum atomic E-state index is 0.741. The lowest BCUT2D eigenvalue weighted by molar-refractivity contribution is 0.662. The van der Waals surface area contributed by atoms with Crippen molar-refractivity contribution >= 4 is 11.8 Å². The highest BCUT2D eigenvalue weighted by atomic mass is 15.2. The fourth-order valence-corrected chi connectivity index (χ4v) is 2.93. The number of fused-ring (bicyclic) bond motifs is 1. The second-order valence-electron chi connectivity index (χ2n) is 6.17. The SMILES string of the molecule is Cc1n[nH]c(C)c1CNc1nc(N(C)C)nc2c1CCCC2. The highest BCUT2D eigenvalue weighted by molar-refractivity contribution is 5.52. The van der Waals surface area contributed by atoms with E-state index in [-0.39, 0.29) is 0 Å². The summed E-state index contributed by atoms with van der Waals surface area (Å²) >= 11 is 0. The maximum absolute atomic E-state index is 4.72. The molecule has 1 aliphatic rings. The summed E-state index contributed by atoms with van der Waals surface area (Å²) < 4.78 is 0. The van der Waals surface area contributed by atoms with Crippen LogP contribution in [0.2, 0.25) is 0 Å². The lowest BCUT2D eigenvalue weighted by atomic mass is 9.96. The summed E-state index contributed by atoms with van der Waals surface area (Å²) in [5.74, 6) is 1.76. The Morgan fingerprint density at radius 1 is 1.14 bits per heavy atom. The predicted molar refractivity (Wildman–Crippen MR) is 88.4 cm³/mol. The first kappa shape index (κ1) is 14.8. The fraction of sp³-hybridized carbons (Fsp3) is 0.562. The van der Waals surface area contributed by atoms with Gasteiger partial charge in [0.1, 0.15) is 5.82 Å². The number of nitrogens with zero attached hydrogens (tertiary/aromatic N) is 4. The number of H-pyrrole nitrogens is 1. The van der Waals surface area contributed by atoms with Gasteiger partial charge in [0.05, 0.1) is 11.4 Å². The quantitative estimate of drug-likeness (QED) is 0.907. The number of hydrogen-bond acceptors (Lipinski definition) is 5. The normalized spacial score (nSPS) is 13.8. The average molecular weight is 300 g/mol. The Morgan fingerprint density at radius 2 is 1.91 bits per heavy atom. The molecule has 2 aromatic heterocycles. The van der Waals surface area contributed by atoms with Crippen LogP contribution in [-0.2, 0) is 19.4 Å². The molecule has 0 aromatic carbocycles. The molecule has 3 rings (SSSR count). The molecule has 0 spiro atoms. The first-order valence-corrected chi connectivity index (χ1v) is 7.87. The van der Waals surface area contributed by atoms with E-state index in [0.717, 1.165) is 42.5 Å². The molecular formula is C16H24N6. The molecule has 0 bridgehead atoms. The van der Waals surface area contributed by atoms with Gasteiger partial charge in [0.25, 0.3) is 0 Å². The zero-order chi connectivity index (χ0) is 15.7. The average Bonchev–Trinajstić information content (AvgIpc) is 2.83. The van der Waals surface area contributed by atoms with Crippen molar-refractivity contribution in [1.29, 1.82) is 0 Å². The third-order valence-electron chi connectivity index (χ3n) is 4.28. The number of hydrogen-bond donors (Lipinski definition) is 2. The Bertz CT molecular complexity index is 654. The van der Waals surface area contributed by atoms with Gasteiger partial charge in [-0.25, -0.2) is 4.98 Å². The molecule has 2 N–H and O–H groups in total. The Morgan fingerprint density at radius 3 is 2.59 bits per heavy atom. The molecule has 0 atom stereocenters. The van der Waals surface area contributed by atoms with Crippen LogP contribution in [0.25, 0.3) is 0 Å². The summed E-state index contributed by atoms with van der Waals surface area (Å²) in [6, 6.07) is 0. The zero-order valence-electron chi connectivity index (χ0n) is 13.8. The van der Waals surface area contributed by atoms with E-state index in [1.807, 2.05) is 25.9 Å². The van der Waals surface area contributed by atoms with Crippen molar-refractivity contribution in [2.24, 2.45) is 0 Å². The van der Waals surface area contributed by atoms with Crippen LogP contribution in [0.3, 0.4) is 0 Å². The van der Waals surface area contributed by atoms with Crippen LogP contribution in [0.1, 0.15) is 41.1 Å². The van der Waals surface area contributed by atoms with Gasteiger partial charge in [-0.05, 0) is 39.5 Å². The van der Waals surface area contributed by atoms with Gasteiger partial charge in [-0.1, -0.05) is 0 Å². The first-order chi connectivity index (χ1) is 10.6. The van der Waals surface area contributed by atoms with Crippen molar-refractivity contribution in [2.75, 3.05) is 24.3 Å². The standard InChI is InChI=1S/C16H24N6/c1-10-13(11(2)21-20-10)9-17-15-12-7-5-6-8-14(12)18-16(19-15)22(3)4/h5-9H2,1-4H3,(H,20,21)(H,17,18,19). The molecule has 0 saturated heterocycles. The summed E-state index contributed by atoms with van der Waals surface area (Å²) in [6.45, 7) is 4.82. The second kappa shape index (κ2) is 5.94. The van der Waals surface area contributed by atoms with Crippen LogP contribution in [-0.4, -0.2) is 34.3 Å². The topological polar surface area (TPSA) is 69.7 Å². The molecule has 0 saturated carbocycles. The van der Waals surface area contributed by atoms with E-state index in [4.69, 9.17) is 9.97 Å². The van der Waals surface area contributed by atoms with Gasteiger partial charge in [0.2, 0.25) is 5.95 Å². The molecule has 118 valence electrons. The number of nitrogens with one attached hydrogen (secondary N) is 2. The van der Waals surface area contributed by atoms with Gasteiger partial charge in [-0.2, -0.15) is 10.1 Å². The lowest BCUT2D eigenvalue weighted by Crippen LogP contribution is -2.19. The summed E-state index contributed by atoms with van der Waals surface area (Å²) in [4.78, 5) is 11.4. The largest absolute Gasteiger partial charge is 0.365 e. The first-order valence-electron chi connectivity index (χ1n) is 7.87. The Hall–Kier alpha value is -2.11. The van der Waals surface area contributed by atoms with Gasteiger partial charge < -0.3 is 10.2 Å². The Balaban J connectivity index is 1.90. The summed E-state index contributed by atoms with van der Waals surface area (Å²) in [7, 11) is 3.97. The molecule has 0 radical (unpaired) electrons. The van der Waals surface area contributed by atoms with Crippen molar-refractivity contribution in [2.45, 2.75) is 46.1 Å². The second-order valence-corrected chi connectivity index (χ2v) is 6.17. The molecule has 2 heterocycles. The van der Waals surface area contributed by atoms with E-state index >= 15 is 0 Å². The van der Waals surface area contributed by atoms with E-state index in [0.29, 0.717) is 0 Å². The Labute approximate surface area is 131 Å².